The smallest absolute Gasteiger partial charge is 0.119 e. The van der Waals surface area contributed by atoms with Crippen molar-refractivity contribution in [2.24, 2.45) is 5.41 Å². The summed E-state index contributed by atoms with van der Waals surface area (Å²) in [5, 5.41) is 10.1. The van der Waals surface area contributed by atoms with Crippen LogP contribution in [0.4, 0.5) is 0 Å². The lowest BCUT2D eigenvalue weighted by Gasteiger charge is -2.36. The lowest BCUT2D eigenvalue weighted by atomic mass is 9.67. The Labute approximate surface area is 221 Å². The van der Waals surface area contributed by atoms with E-state index in [1.165, 1.54) is 80.9 Å². The van der Waals surface area contributed by atoms with Gasteiger partial charge in [-0.2, -0.15) is 5.26 Å². The lowest BCUT2D eigenvalue weighted by molar-refractivity contribution is 0.222. The minimum absolute atomic E-state index is 0.110. The van der Waals surface area contributed by atoms with Gasteiger partial charge in [-0.05, 0) is 73.3 Å². The van der Waals surface area contributed by atoms with Crippen LogP contribution in [0.15, 0.2) is 48.5 Å². The quantitative estimate of drug-likeness (QED) is 0.221. The third-order valence-corrected chi connectivity index (χ3v) is 8.25. The third kappa shape index (κ3) is 8.69. The van der Waals surface area contributed by atoms with Crippen LogP contribution in [0.2, 0.25) is 0 Å². The number of rotatable bonds is 16. The average Bonchev–Trinajstić information content (AvgIpc) is 2.93. The molecule has 0 atom stereocenters. The normalized spacial score (nSPS) is 19.6. The number of hydrogen-bond acceptors (Lipinski definition) is 2. The molecule has 2 heteroatoms. The number of nitrogens with zero attached hydrogens (tertiary/aromatic N) is 1. The van der Waals surface area contributed by atoms with Gasteiger partial charge < -0.3 is 4.74 Å². The summed E-state index contributed by atoms with van der Waals surface area (Å²) < 4.78 is 6.21. The molecule has 0 spiro atoms. The molecule has 1 aliphatic carbocycles. The Hall–Kier alpha value is -2.27. The highest BCUT2D eigenvalue weighted by Gasteiger charge is 2.36. The Morgan fingerprint density at radius 1 is 0.806 bits per heavy atom. The third-order valence-electron chi connectivity index (χ3n) is 8.25. The number of benzene rings is 2. The summed E-state index contributed by atoms with van der Waals surface area (Å²) in [6.07, 6.45) is 19.4. The Kier molecular flexibility index (Phi) is 12.4. The fourth-order valence-corrected chi connectivity index (χ4v) is 5.89. The zero-order chi connectivity index (χ0) is 25.5. The van der Waals surface area contributed by atoms with Gasteiger partial charge in [0.1, 0.15) is 5.75 Å². The van der Waals surface area contributed by atoms with Crippen LogP contribution >= 0.6 is 0 Å². The summed E-state index contributed by atoms with van der Waals surface area (Å²) in [6.45, 7) is 5.32. The fraction of sp³-hybridized carbons (Fsp3) is 0.618. The van der Waals surface area contributed by atoms with E-state index in [2.05, 4.69) is 68.4 Å². The molecule has 0 aliphatic heterocycles. The molecule has 0 aromatic heterocycles. The van der Waals surface area contributed by atoms with Crippen LogP contribution in [-0.2, 0) is 0 Å². The molecule has 3 rings (SSSR count). The van der Waals surface area contributed by atoms with Crippen LogP contribution in [0.5, 0.6) is 5.75 Å². The predicted octanol–water partition coefficient (Wildman–Crippen LogP) is 10.6. The van der Waals surface area contributed by atoms with Crippen molar-refractivity contribution in [1.82, 2.24) is 0 Å². The highest BCUT2D eigenvalue weighted by atomic mass is 16.5. The van der Waals surface area contributed by atoms with Crippen molar-refractivity contribution in [3.63, 3.8) is 0 Å². The van der Waals surface area contributed by atoms with Crippen LogP contribution in [0.3, 0.4) is 0 Å². The topological polar surface area (TPSA) is 33.0 Å². The van der Waals surface area contributed by atoms with E-state index in [4.69, 9.17) is 4.74 Å². The minimum Gasteiger partial charge on any atom is -0.494 e. The standard InChI is InChI=1S/C34H49NO/c1-3-5-7-9-10-15-23-34(28-35)24-21-30(22-25-34)33-27-31(36-26-16-11-8-6-4-2)19-20-32(33)29-17-13-12-14-18-29/h12-14,17-20,27,30H,3-11,15-16,21-26H2,1-2H3. The van der Waals surface area contributed by atoms with E-state index in [9.17, 15) is 5.26 Å². The van der Waals surface area contributed by atoms with Crippen molar-refractivity contribution in [3.8, 4) is 22.9 Å². The number of nitriles is 1. The van der Waals surface area contributed by atoms with Crippen molar-refractivity contribution in [2.75, 3.05) is 6.61 Å². The summed E-state index contributed by atoms with van der Waals surface area (Å²) in [4.78, 5) is 0. The molecule has 0 unspecified atom stereocenters. The minimum atomic E-state index is -0.110. The summed E-state index contributed by atoms with van der Waals surface area (Å²) in [6, 6.07) is 20.3. The summed E-state index contributed by atoms with van der Waals surface area (Å²) in [5.41, 5.74) is 3.91. The summed E-state index contributed by atoms with van der Waals surface area (Å²) in [5.74, 6) is 1.50. The maximum absolute atomic E-state index is 10.1. The van der Waals surface area contributed by atoms with Crippen LogP contribution in [0.25, 0.3) is 11.1 Å². The first kappa shape index (κ1) is 28.3. The second-order valence-electron chi connectivity index (χ2n) is 11.1. The molecule has 2 nitrogen and oxygen atoms in total. The van der Waals surface area contributed by atoms with Gasteiger partial charge in [0.25, 0.3) is 0 Å². The van der Waals surface area contributed by atoms with E-state index in [0.29, 0.717) is 5.92 Å². The zero-order valence-corrected chi connectivity index (χ0v) is 23.1. The number of unbranched alkanes of at least 4 members (excludes halogenated alkanes) is 9. The van der Waals surface area contributed by atoms with E-state index in [1.807, 2.05) is 0 Å². The summed E-state index contributed by atoms with van der Waals surface area (Å²) in [7, 11) is 0. The van der Waals surface area contributed by atoms with Crippen molar-refractivity contribution >= 4 is 0 Å². The van der Waals surface area contributed by atoms with E-state index in [-0.39, 0.29) is 5.41 Å². The van der Waals surface area contributed by atoms with E-state index in [0.717, 1.165) is 50.9 Å². The van der Waals surface area contributed by atoms with Gasteiger partial charge in [0.15, 0.2) is 0 Å². The van der Waals surface area contributed by atoms with Gasteiger partial charge in [-0.1, -0.05) is 114 Å². The molecule has 1 fully saturated rings. The molecule has 0 N–H and O–H groups in total. The van der Waals surface area contributed by atoms with Crippen molar-refractivity contribution in [3.05, 3.63) is 54.1 Å². The average molecular weight is 488 g/mol. The Morgan fingerprint density at radius 2 is 1.44 bits per heavy atom. The van der Waals surface area contributed by atoms with Crippen LogP contribution in [0.1, 0.15) is 128 Å². The highest BCUT2D eigenvalue weighted by molar-refractivity contribution is 5.69. The van der Waals surface area contributed by atoms with Crippen LogP contribution in [-0.4, -0.2) is 6.61 Å². The second-order valence-corrected chi connectivity index (χ2v) is 11.1. The second kappa shape index (κ2) is 15.8. The molecule has 1 saturated carbocycles. The molecular formula is C34H49NO. The molecule has 0 radical (unpaired) electrons. The van der Waals surface area contributed by atoms with Gasteiger partial charge in [0.05, 0.1) is 18.1 Å². The maximum atomic E-state index is 10.1. The SMILES string of the molecule is CCCCCCCCC1(C#N)CCC(c2cc(OCCCCCCC)ccc2-c2ccccc2)CC1. The molecule has 0 heterocycles. The Bertz CT molecular complexity index is 905. The number of ether oxygens (including phenoxy) is 1. The van der Waals surface area contributed by atoms with Crippen molar-refractivity contribution in [1.29, 1.82) is 5.26 Å². The monoisotopic (exact) mass is 487 g/mol. The molecule has 0 bridgehead atoms. The Morgan fingerprint density at radius 3 is 2.11 bits per heavy atom. The van der Waals surface area contributed by atoms with Gasteiger partial charge in [-0.15, -0.1) is 0 Å². The van der Waals surface area contributed by atoms with E-state index in [1.54, 1.807) is 0 Å². The van der Waals surface area contributed by atoms with Crippen molar-refractivity contribution < 1.29 is 4.74 Å². The van der Waals surface area contributed by atoms with Gasteiger partial charge in [0.2, 0.25) is 0 Å². The Balaban J connectivity index is 1.64. The zero-order valence-electron chi connectivity index (χ0n) is 23.1. The molecule has 2 aromatic carbocycles. The van der Waals surface area contributed by atoms with Gasteiger partial charge in [-0.3, -0.25) is 0 Å². The van der Waals surface area contributed by atoms with Gasteiger partial charge >= 0.3 is 0 Å². The van der Waals surface area contributed by atoms with Gasteiger partial charge in [0, 0.05) is 0 Å². The lowest BCUT2D eigenvalue weighted by Crippen LogP contribution is -2.25. The molecule has 1 aliphatic rings. The number of hydrogen-bond donors (Lipinski definition) is 0. The van der Waals surface area contributed by atoms with Gasteiger partial charge in [-0.25, -0.2) is 0 Å². The van der Waals surface area contributed by atoms with Crippen LogP contribution in [0, 0.1) is 16.7 Å². The van der Waals surface area contributed by atoms with E-state index >= 15 is 0 Å². The molecule has 196 valence electrons. The molecule has 36 heavy (non-hydrogen) atoms. The predicted molar refractivity (Wildman–Crippen MR) is 153 cm³/mol. The largest absolute Gasteiger partial charge is 0.494 e. The maximum Gasteiger partial charge on any atom is 0.119 e. The first-order valence-corrected chi connectivity index (χ1v) is 14.9. The summed E-state index contributed by atoms with van der Waals surface area (Å²) >= 11 is 0. The highest BCUT2D eigenvalue weighted by Crippen LogP contribution is 2.48. The van der Waals surface area contributed by atoms with Crippen LogP contribution < -0.4 is 4.74 Å². The van der Waals surface area contributed by atoms with Crippen molar-refractivity contribution in [2.45, 2.75) is 122 Å². The molecule has 0 saturated heterocycles. The molecule has 2 aromatic rings. The van der Waals surface area contributed by atoms with E-state index < -0.39 is 0 Å². The first-order valence-electron chi connectivity index (χ1n) is 14.9. The first-order chi connectivity index (χ1) is 17.7. The molecular weight excluding hydrogens is 438 g/mol. The molecule has 0 amide bonds. The fourth-order valence-electron chi connectivity index (χ4n) is 5.89.